The quantitative estimate of drug-likeness (QED) is 0.737. The molecule has 0 radical (unpaired) electrons. The van der Waals surface area contributed by atoms with Crippen LogP contribution < -0.4 is 0 Å². The molecule has 0 aromatic heterocycles. The Kier molecular flexibility index (Phi) is 5.87. The lowest BCUT2D eigenvalue weighted by Gasteiger charge is -2.28. The molecular weight excluding hydrogens is 342 g/mol. The number of rotatable bonds is 5. The fourth-order valence-electron chi connectivity index (χ4n) is 2.64. The van der Waals surface area contributed by atoms with Crippen molar-refractivity contribution < 1.29 is 9.53 Å². The topological polar surface area (TPSA) is 29.5 Å². The maximum Gasteiger partial charge on any atom is 0.307 e. The van der Waals surface area contributed by atoms with E-state index in [4.69, 9.17) is 16.3 Å². The zero-order valence-corrected chi connectivity index (χ0v) is 13.9. The number of carbonyl (C=O) groups is 1. The maximum absolute atomic E-state index is 11.9. The van der Waals surface area contributed by atoms with E-state index in [-0.39, 0.29) is 12.0 Å². The van der Waals surface area contributed by atoms with Crippen LogP contribution >= 0.6 is 27.5 Å². The van der Waals surface area contributed by atoms with E-state index in [0.717, 1.165) is 23.1 Å². The van der Waals surface area contributed by atoms with Crippen LogP contribution in [0.3, 0.4) is 0 Å². The van der Waals surface area contributed by atoms with Gasteiger partial charge in [0.15, 0.2) is 0 Å². The lowest BCUT2D eigenvalue weighted by atomic mass is 10.0. The molecule has 1 heterocycles. The van der Waals surface area contributed by atoms with Crippen molar-refractivity contribution in [1.82, 2.24) is 4.90 Å². The number of hydrogen-bond donors (Lipinski definition) is 0. The Labute approximate surface area is 133 Å². The lowest BCUT2D eigenvalue weighted by molar-refractivity contribution is -0.144. The van der Waals surface area contributed by atoms with E-state index in [1.165, 1.54) is 12.8 Å². The number of nitrogens with zero attached hydrogens (tertiary/aromatic N) is 1. The molecule has 1 atom stereocenters. The van der Waals surface area contributed by atoms with Gasteiger partial charge in [0.25, 0.3) is 0 Å². The summed E-state index contributed by atoms with van der Waals surface area (Å²) in [6.45, 7) is 4.26. The molecule has 0 spiro atoms. The van der Waals surface area contributed by atoms with Crippen molar-refractivity contribution in [2.75, 3.05) is 19.7 Å². The van der Waals surface area contributed by atoms with E-state index < -0.39 is 0 Å². The molecule has 0 aliphatic carbocycles. The van der Waals surface area contributed by atoms with Crippen LogP contribution in [0.5, 0.6) is 0 Å². The SMILES string of the molecule is CCOC(=O)CC(c1cc(Br)ccc1Cl)N1CCCC1. The zero-order valence-electron chi connectivity index (χ0n) is 11.6. The number of benzene rings is 1. The second-order valence-corrected chi connectivity index (χ2v) is 6.26. The molecule has 1 aromatic rings. The van der Waals surface area contributed by atoms with Gasteiger partial charge >= 0.3 is 5.97 Å². The summed E-state index contributed by atoms with van der Waals surface area (Å²) in [4.78, 5) is 14.2. The van der Waals surface area contributed by atoms with E-state index in [1.54, 1.807) is 0 Å². The van der Waals surface area contributed by atoms with E-state index in [9.17, 15) is 4.79 Å². The minimum atomic E-state index is -0.166. The third kappa shape index (κ3) is 3.96. The summed E-state index contributed by atoms with van der Waals surface area (Å²) in [5.41, 5.74) is 0.996. The number of esters is 1. The van der Waals surface area contributed by atoms with E-state index in [0.29, 0.717) is 18.1 Å². The molecule has 3 nitrogen and oxygen atoms in total. The first kappa shape index (κ1) is 15.8. The molecule has 0 bridgehead atoms. The summed E-state index contributed by atoms with van der Waals surface area (Å²) in [6.07, 6.45) is 2.69. The standard InChI is InChI=1S/C15H19BrClNO2/c1-2-20-15(19)10-14(18-7-3-4-8-18)12-9-11(16)5-6-13(12)17/h5-6,9,14H,2-4,7-8,10H2,1H3. The Hall–Kier alpha value is -0.580. The minimum Gasteiger partial charge on any atom is -0.466 e. The first-order valence-electron chi connectivity index (χ1n) is 6.96. The Morgan fingerprint density at radius 1 is 1.45 bits per heavy atom. The Bertz CT molecular complexity index is 475. The van der Waals surface area contributed by atoms with Crippen LogP contribution in [0, 0.1) is 0 Å². The van der Waals surface area contributed by atoms with Gasteiger partial charge in [0, 0.05) is 15.5 Å². The normalized spacial score (nSPS) is 17.1. The molecule has 0 N–H and O–H groups in total. The highest BCUT2D eigenvalue weighted by Gasteiger charge is 2.28. The second kappa shape index (κ2) is 7.43. The van der Waals surface area contributed by atoms with Crippen molar-refractivity contribution in [2.45, 2.75) is 32.2 Å². The molecule has 5 heteroatoms. The summed E-state index contributed by atoms with van der Waals surface area (Å²) < 4.78 is 6.08. The van der Waals surface area contributed by atoms with Crippen LogP contribution in [0.4, 0.5) is 0 Å². The largest absolute Gasteiger partial charge is 0.466 e. The van der Waals surface area contributed by atoms with Crippen LogP contribution in [0.25, 0.3) is 0 Å². The first-order chi connectivity index (χ1) is 9.61. The van der Waals surface area contributed by atoms with Crippen molar-refractivity contribution >= 4 is 33.5 Å². The molecule has 20 heavy (non-hydrogen) atoms. The van der Waals surface area contributed by atoms with Gasteiger partial charge in [-0.1, -0.05) is 27.5 Å². The summed E-state index contributed by atoms with van der Waals surface area (Å²) in [6, 6.07) is 5.79. The van der Waals surface area contributed by atoms with Crippen molar-refractivity contribution in [3.8, 4) is 0 Å². The van der Waals surface area contributed by atoms with E-state index >= 15 is 0 Å². The zero-order chi connectivity index (χ0) is 14.5. The van der Waals surface area contributed by atoms with Crippen molar-refractivity contribution in [3.05, 3.63) is 33.3 Å². The fraction of sp³-hybridized carbons (Fsp3) is 0.533. The molecule has 1 aliphatic heterocycles. The summed E-state index contributed by atoms with van der Waals surface area (Å²) >= 11 is 9.81. The minimum absolute atomic E-state index is 0.00144. The van der Waals surface area contributed by atoms with Gasteiger partial charge in [0.1, 0.15) is 0 Å². The third-order valence-electron chi connectivity index (χ3n) is 3.56. The van der Waals surface area contributed by atoms with Gasteiger partial charge in [-0.05, 0) is 56.6 Å². The van der Waals surface area contributed by atoms with Gasteiger partial charge in [-0.15, -0.1) is 0 Å². The van der Waals surface area contributed by atoms with Crippen molar-refractivity contribution in [2.24, 2.45) is 0 Å². The highest BCUT2D eigenvalue weighted by Crippen LogP contribution is 2.34. The average Bonchev–Trinajstić information content (AvgIpc) is 2.93. The number of likely N-dealkylation sites (tertiary alicyclic amines) is 1. The Morgan fingerprint density at radius 2 is 2.15 bits per heavy atom. The molecule has 0 amide bonds. The highest BCUT2D eigenvalue weighted by molar-refractivity contribution is 9.10. The van der Waals surface area contributed by atoms with E-state index in [1.807, 2.05) is 25.1 Å². The molecule has 2 rings (SSSR count). The number of carbonyl (C=O) groups excluding carboxylic acids is 1. The van der Waals surface area contributed by atoms with Gasteiger partial charge in [-0.2, -0.15) is 0 Å². The molecule has 0 saturated carbocycles. The average molecular weight is 361 g/mol. The van der Waals surface area contributed by atoms with Crippen LogP contribution in [-0.2, 0) is 9.53 Å². The third-order valence-corrected chi connectivity index (χ3v) is 4.40. The predicted molar refractivity (Wildman–Crippen MR) is 84.0 cm³/mol. The highest BCUT2D eigenvalue weighted by atomic mass is 79.9. The fourth-order valence-corrected chi connectivity index (χ4v) is 3.26. The van der Waals surface area contributed by atoms with Gasteiger partial charge < -0.3 is 4.74 Å². The van der Waals surface area contributed by atoms with Crippen LogP contribution in [0.2, 0.25) is 5.02 Å². The molecule has 1 aliphatic rings. The van der Waals surface area contributed by atoms with Crippen molar-refractivity contribution in [1.29, 1.82) is 0 Å². The van der Waals surface area contributed by atoms with Crippen molar-refractivity contribution in [3.63, 3.8) is 0 Å². The number of halogens is 2. The number of hydrogen-bond acceptors (Lipinski definition) is 3. The van der Waals surface area contributed by atoms with Crippen LogP contribution in [0.1, 0.15) is 37.8 Å². The molecule has 1 aromatic carbocycles. The number of ether oxygens (including phenoxy) is 1. The summed E-state index contributed by atoms with van der Waals surface area (Å²) in [5, 5.41) is 0.703. The van der Waals surface area contributed by atoms with Gasteiger partial charge in [-0.25, -0.2) is 0 Å². The van der Waals surface area contributed by atoms with E-state index in [2.05, 4.69) is 20.8 Å². The van der Waals surface area contributed by atoms with Gasteiger partial charge in [-0.3, -0.25) is 9.69 Å². The van der Waals surface area contributed by atoms with Crippen LogP contribution in [0.15, 0.2) is 22.7 Å². The molecule has 1 saturated heterocycles. The first-order valence-corrected chi connectivity index (χ1v) is 8.13. The molecule has 1 unspecified atom stereocenters. The monoisotopic (exact) mass is 359 g/mol. The van der Waals surface area contributed by atoms with Gasteiger partial charge in [0.05, 0.1) is 13.0 Å². The smallest absolute Gasteiger partial charge is 0.307 e. The second-order valence-electron chi connectivity index (χ2n) is 4.93. The molecule has 1 fully saturated rings. The Balaban J connectivity index is 2.25. The van der Waals surface area contributed by atoms with Crippen LogP contribution in [-0.4, -0.2) is 30.6 Å². The molecular formula is C15H19BrClNO2. The summed E-state index contributed by atoms with van der Waals surface area (Å²) in [5.74, 6) is -0.166. The molecule has 110 valence electrons. The predicted octanol–water partition coefficient (Wildman–Crippen LogP) is 4.19. The van der Waals surface area contributed by atoms with Gasteiger partial charge in [0.2, 0.25) is 0 Å². The maximum atomic E-state index is 11.9. The lowest BCUT2D eigenvalue weighted by Crippen LogP contribution is -2.28. The summed E-state index contributed by atoms with van der Waals surface area (Å²) in [7, 11) is 0. The Morgan fingerprint density at radius 3 is 2.80 bits per heavy atom.